The van der Waals surface area contributed by atoms with Crippen molar-refractivity contribution in [2.24, 2.45) is 0 Å². The van der Waals surface area contributed by atoms with Crippen molar-refractivity contribution in [1.29, 1.82) is 0 Å². The lowest BCUT2D eigenvalue weighted by Gasteiger charge is -2.08. The average Bonchev–Trinajstić information content (AvgIpc) is 3.20. The van der Waals surface area contributed by atoms with Crippen molar-refractivity contribution in [2.45, 2.75) is 27.4 Å². The summed E-state index contributed by atoms with van der Waals surface area (Å²) in [6.07, 6.45) is 0. The number of esters is 1. The molecular formula is C20H18F2N2O5S. The Kier molecular flexibility index (Phi) is 6.16. The van der Waals surface area contributed by atoms with Crippen LogP contribution < -0.4 is 10.1 Å². The van der Waals surface area contributed by atoms with Crippen LogP contribution in [-0.4, -0.2) is 24.1 Å². The monoisotopic (exact) mass is 436 g/mol. The van der Waals surface area contributed by atoms with Crippen molar-refractivity contribution in [1.82, 2.24) is 5.16 Å². The molecule has 0 radical (unpaired) electrons. The normalized spacial score (nSPS) is 10.7. The molecule has 30 heavy (non-hydrogen) atoms. The molecule has 3 rings (SSSR count). The minimum Gasteiger partial charge on any atom is -0.486 e. The number of nitrogens with one attached hydrogen (secondary N) is 1. The van der Waals surface area contributed by atoms with E-state index in [9.17, 15) is 18.4 Å². The van der Waals surface area contributed by atoms with Gasteiger partial charge in [-0.05, 0) is 38.5 Å². The molecule has 0 spiro atoms. The molecule has 7 nitrogen and oxygen atoms in total. The maximum Gasteiger partial charge on any atom is 0.341 e. The Morgan fingerprint density at radius 3 is 2.63 bits per heavy atom. The third-order valence-corrected chi connectivity index (χ3v) is 5.59. The number of aryl methyl sites for hydroxylation is 2. The number of rotatable bonds is 6. The zero-order valence-corrected chi connectivity index (χ0v) is 17.4. The second-order valence-corrected chi connectivity index (χ2v) is 7.59. The van der Waals surface area contributed by atoms with Crippen LogP contribution in [0.3, 0.4) is 0 Å². The molecule has 0 saturated heterocycles. The molecular weight excluding hydrogens is 418 g/mol. The van der Waals surface area contributed by atoms with Gasteiger partial charge in [0.2, 0.25) is 0 Å². The van der Waals surface area contributed by atoms with Crippen LogP contribution in [0, 0.1) is 32.4 Å². The van der Waals surface area contributed by atoms with E-state index < -0.39 is 23.5 Å². The molecule has 3 aromatic rings. The zero-order valence-electron chi connectivity index (χ0n) is 16.6. The summed E-state index contributed by atoms with van der Waals surface area (Å²) in [7, 11) is 1.26. The van der Waals surface area contributed by atoms with E-state index in [0.29, 0.717) is 28.0 Å². The van der Waals surface area contributed by atoms with Crippen molar-refractivity contribution in [2.75, 3.05) is 12.4 Å². The fourth-order valence-electron chi connectivity index (χ4n) is 2.71. The second-order valence-electron chi connectivity index (χ2n) is 6.36. The number of hydrogen-bond donors (Lipinski definition) is 1. The van der Waals surface area contributed by atoms with Crippen LogP contribution in [0.15, 0.2) is 22.7 Å². The van der Waals surface area contributed by atoms with E-state index in [2.05, 4.69) is 10.5 Å². The largest absolute Gasteiger partial charge is 0.486 e. The molecule has 10 heteroatoms. The van der Waals surface area contributed by atoms with Gasteiger partial charge in [-0.25, -0.2) is 13.6 Å². The summed E-state index contributed by atoms with van der Waals surface area (Å²) in [5, 5.41) is 6.72. The lowest BCUT2D eigenvalue weighted by molar-refractivity contribution is 0.0601. The van der Waals surface area contributed by atoms with Gasteiger partial charge < -0.3 is 19.3 Å². The van der Waals surface area contributed by atoms with Gasteiger partial charge in [-0.1, -0.05) is 5.16 Å². The van der Waals surface area contributed by atoms with Crippen molar-refractivity contribution in [3.63, 3.8) is 0 Å². The Labute approximate surface area is 174 Å². The van der Waals surface area contributed by atoms with Gasteiger partial charge in [0.15, 0.2) is 17.3 Å². The Balaban J connectivity index is 1.83. The van der Waals surface area contributed by atoms with Crippen molar-refractivity contribution in [3.05, 3.63) is 62.9 Å². The smallest absolute Gasteiger partial charge is 0.341 e. The summed E-state index contributed by atoms with van der Waals surface area (Å²) in [5.41, 5.74) is 1.18. The Morgan fingerprint density at radius 2 is 1.97 bits per heavy atom. The molecule has 0 aliphatic heterocycles. The average molecular weight is 436 g/mol. The number of thiophene rings is 1. The summed E-state index contributed by atoms with van der Waals surface area (Å²) in [4.78, 5) is 25.7. The number of methoxy groups -OCH3 is 1. The summed E-state index contributed by atoms with van der Waals surface area (Å²) < 4.78 is 42.1. The van der Waals surface area contributed by atoms with Crippen LogP contribution in [0.2, 0.25) is 0 Å². The summed E-state index contributed by atoms with van der Waals surface area (Å²) in [6.45, 7) is 4.92. The van der Waals surface area contributed by atoms with Crippen LogP contribution in [0.25, 0.3) is 0 Å². The number of aromatic nitrogens is 1. The molecule has 158 valence electrons. The number of carbonyl (C=O) groups is 2. The minimum absolute atomic E-state index is 0.0745. The summed E-state index contributed by atoms with van der Waals surface area (Å²) >= 11 is 1.23. The molecule has 2 heterocycles. The van der Waals surface area contributed by atoms with Gasteiger partial charge in [-0.3, -0.25) is 4.79 Å². The Hall–Kier alpha value is -3.27. The molecule has 1 N–H and O–H groups in total. The standard InChI is InChI=1S/C20H18F2N2O5S/c1-9-11(3)30-19(16(9)20(26)27-4)23-18(25)17-13(10(2)29-24-17)8-28-15-6-5-12(21)7-14(15)22/h5-7H,8H2,1-4H3,(H,23,25). The highest BCUT2D eigenvalue weighted by Gasteiger charge is 2.26. The predicted octanol–water partition coefficient (Wildman–Crippen LogP) is 4.56. The fraction of sp³-hybridized carbons (Fsp3) is 0.250. The van der Waals surface area contributed by atoms with Crippen LogP contribution in [0.1, 0.15) is 42.6 Å². The highest BCUT2D eigenvalue weighted by atomic mass is 32.1. The molecule has 0 atom stereocenters. The SMILES string of the molecule is COC(=O)c1c(NC(=O)c2noc(C)c2COc2ccc(F)cc2F)sc(C)c1C. The van der Waals surface area contributed by atoms with E-state index in [1.807, 2.05) is 6.92 Å². The molecule has 2 aromatic heterocycles. The van der Waals surface area contributed by atoms with Crippen LogP contribution in [0.5, 0.6) is 5.75 Å². The Morgan fingerprint density at radius 1 is 1.23 bits per heavy atom. The highest BCUT2D eigenvalue weighted by molar-refractivity contribution is 7.16. The number of hydrogen-bond acceptors (Lipinski definition) is 7. The maximum absolute atomic E-state index is 13.8. The molecule has 1 amide bonds. The van der Waals surface area contributed by atoms with E-state index in [-0.39, 0.29) is 23.6 Å². The molecule has 0 unspecified atom stereocenters. The van der Waals surface area contributed by atoms with Gasteiger partial charge in [0, 0.05) is 10.9 Å². The number of carbonyl (C=O) groups excluding carboxylic acids is 2. The van der Waals surface area contributed by atoms with E-state index >= 15 is 0 Å². The van der Waals surface area contributed by atoms with E-state index in [1.54, 1.807) is 13.8 Å². The van der Waals surface area contributed by atoms with Gasteiger partial charge >= 0.3 is 5.97 Å². The van der Waals surface area contributed by atoms with Gasteiger partial charge in [0.05, 0.1) is 18.2 Å². The fourth-order valence-corrected chi connectivity index (χ4v) is 3.75. The first-order valence-corrected chi connectivity index (χ1v) is 9.57. The molecule has 1 aromatic carbocycles. The summed E-state index contributed by atoms with van der Waals surface area (Å²) in [5.74, 6) is -2.68. The predicted molar refractivity (Wildman–Crippen MR) is 105 cm³/mol. The van der Waals surface area contributed by atoms with Crippen molar-refractivity contribution >= 4 is 28.2 Å². The van der Waals surface area contributed by atoms with Gasteiger partial charge in [-0.15, -0.1) is 11.3 Å². The third kappa shape index (κ3) is 4.18. The number of amides is 1. The minimum atomic E-state index is -0.873. The molecule has 0 fully saturated rings. The molecule has 0 saturated carbocycles. The van der Waals surface area contributed by atoms with Crippen molar-refractivity contribution in [3.8, 4) is 5.75 Å². The zero-order chi connectivity index (χ0) is 22.0. The lowest BCUT2D eigenvalue weighted by atomic mass is 10.1. The maximum atomic E-state index is 13.8. The van der Waals surface area contributed by atoms with Gasteiger partial charge in [0.1, 0.15) is 23.2 Å². The number of halogens is 2. The first-order valence-electron chi connectivity index (χ1n) is 8.75. The van der Waals surface area contributed by atoms with Crippen LogP contribution >= 0.6 is 11.3 Å². The first kappa shape index (κ1) is 21.4. The second kappa shape index (κ2) is 8.62. The van der Waals surface area contributed by atoms with Gasteiger partial charge in [-0.2, -0.15) is 0 Å². The van der Waals surface area contributed by atoms with Gasteiger partial charge in [0.25, 0.3) is 5.91 Å². The number of ether oxygens (including phenoxy) is 2. The lowest BCUT2D eigenvalue weighted by Crippen LogP contribution is -2.17. The Bertz CT molecular complexity index is 1120. The highest BCUT2D eigenvalue weighted by Crippen LogP contribution is 2.33. The molecule has 0 aliphatic carbocycles. The number of benzene rings is 1. The van der Waals surface area contributed by atoms with E-state index in [0.717, 1.165) is 17.0 Å². The van der Waals surface area contributed by atoms with E-state index in [4.69, 9.17) is 14.0 Å². The van der Waals surface area contributed by atoms with E-state index in [1.165, 1.54) is 18.4 Å². The molecule has 0 bridgehead atoms. The summed E-state index contributed by atoms with van der Waals surface area (Å²) in [6, 6.07) is 2.90. The number of nitrogens with zero attached hydrogens (tertiary/aromatic N) is 1. The molecule has 0 aliphatic rings. The van der Waals surface area contributed by atoms with Crippen LogP contribution in [-0.2, 0) is 11.3 Å². The topological polar surface area (TPSA) is 90.7 Å². The third-order valence-electron chi connectivity index (χ3n) is 4.47. The van der Waals surface area contributed by atoms with Crippen molar-refractivity contribution < 1.29 is 32.4 Å². The first-order chi connectivity index (χ1) is 14.2. The quantitative estimate of drug-likeness (QED) is 0.570. The number of anilines is 1. The van der Waals surface area contributed by atoms with Crippen LogP contribution in [0.4, 0.5) is 13.8 Å².